The van der Waals surface area contributed by atoms with Gasteiger partial charge in [0, 0.05) is 0 Å². The maximum absolute atomic E-state index is 10.7. The van der Waals surface area contributed by atoms with Gasteiger partial charge in [-0.2, -0.15) is 13.2 Å². The van der Waals surface area contributed by atoms with Crippen molar-refractivity contribution in [1.29, 1.82) is 0 Å². The van der Waals surface area contributed by atoms with Gasteiger partial charge in [-0.3, -0.25) is 0 Å². The summed E-state index contributed by atoms with van der Waals surface area (Å²) in [6.45, 7) is 0. The molecule has 0 bridgehead atoms. The Morgan fingerprint density at radius 3 is 0.520 bits per heavy atom. The van der Waals surface area contributed by atoms with Gasteiger partial charge in [-0.25, -0.2) is 8.42 Å². The number of benzene rings is 16. The van der Waals surface area contributed by atoms with Crippen LogP contribution < -0.4 is 63.7 Å². The van der Waals surface area contributed by atoms with E-state index in [0.29, 0.717) is 0 Å². The fourth-order valence-corrected chi connectivity index (χ4v) is 23.1. The first kappa shape index (κ1) is 71.3. The van der Waals surface area contributed by atoms with Gasteiger partial charge in [0.1, 0.15) is 0 Å². The van der Waals surface area contributed by atoms with Crippen LogP contribution in [0.15, 0.2) is 388 Å². The number of hydrogen-bond acceptors (Lipinski definition) is 3. The van der Waals surface area contributed by atoms with Gasteiger partial charge in [0.05, 0.1) is 0 Å². The second-order valence-electron chi connectivity index (χ2n) is 23.6. The first-order chi connectivity index (χ1) is 50.0. The average Bonchev–Trinajstić information content (AvgIpc) is 0.739. The molecule has 0 fully saturated rings. The van der Waals surface area contributed by atoms with Crippen LogP contribution in [0.25, 0.3) is 65.3 Å². The van der Waals surface area contributed by atoms with Gasteiger partial charge in [-0.05, 0) is 161 Å². The molecule has 0 aliphatic heterocycles. The zero-order valence-electron chi connectivity index (χ0n) is 54.7. The van der Waals surface area contributed by atoms with E-state index in [9.17, 15) is 13.2 Å². The molecule has 0 spiro atoms. The Hall–Kier alpha value is -9.11. The first-order valence-corrected chi connectivity index (χ1v) is 41.8. The van der Waals surface area contributed by atoms with Gasteiger partial charge < -0.3 is 4.55 Å². The van der Waals surface area contributed by atoms with Gasteiger partial charge in [0.15, 0.2) is 10.1 Å². The van der Waals surface area contributed by atoms with Gasteiger partial charge in [0.25, 0.3) is 0 Å². The van der Waals surface area contributed by atoms with Crippen molar-refractivity contribution < 1.29 is 43.5 Å². The molecule has 0 N–H and O–H groups in total. The summed E-state index contributed by atoms with van der Waals surface area (Å²) in [5, 5.41) is 26.7. The molecular weight excluding hydrogens is 1470 g/mol. The molecule has 16 aromatic rings. The second-order valence-corrected chi connectivity index (χ2v) is 33.8. The Kier molecular flexibility index (Phi) is 23.3. The number of hydrogen-bond donors (Lipinski definition) is 0. The van der Waals surface area contributed by atoms with Gasteiger partial charge in [-0.1, -0.05) is 388 Å². The van der Waals surface area contributed by atoms with Crippen molar-refractivity contribution in [3.05, 3.63) is 388 Å². The minimum Gasteiger partial charge on any atom is -0.0622 e. The molecule has 16 rings (SSSR count). The molecule has 0 saturated heterocycles. The molecule has 102 heavy (non-hydrogen) atoms. The van der Waals surface area contributed by atoms with E-state index >= 15 is 0 Å². The monoisotopic (exact) mass is 1530 g/mol. The molecule has 0 aromatic heterocycles. The maximum atomic E-state index is 10.7. The number of alkyl halides is 3. The number of halogens is 4. The predicted molar refractivity (Wildman–Crippen MR) is 430 cm³/mol. The van der Waals surface area contributed by atoms with E-state index in [1.165, 1.54) is 129 Å². The van der Waals surface area contributed by atoms with Crippen molar-refractivity contribution in [2.75, 3.05) is 0 Å². The van der Waals surface area contributed by atoms with Crippen LogP contribution in [0.2, 0.25) is 0 Å². The van der Waals surface area contributed by atoms with Crippen LogP contribution in [0.5, 0.6) is 0 Å². The van der Waals surface area contributed by atoms with E-state index in [4.69, 9.17) is 13.0 Å². The maximum Gasteiger partial charge on any atom is -0.000884 e. The van der Waals surface area contributed by atoms with Crippen molar-refractivity contribution in [3.8, 4) is 22.3 Å². The third kappa shape index (κ3) is 15.8. The minimum atomic E-state index is -6.09. The van der Waals surface area contributed by atoms with Crippen molar-refractivity contribution >= 4 is 158 Å². The second kappa shape index (κ2) is 33.3. The Balaban J connectivity index is 0.000000161. The van der Waals surface area contributed by atoms with E-state index < -0.39 is 47.3 Å². The zero-order chi connectivity index (χ0) is 70.4. The standard InChI is InChI=1S/2C44H32P2.CHF3O3S.ClH.Ru/c2*1-5-19-35(20-6-1)45(36-21-7-2-8-22-36)41-31-29-33-17-13-15-27-39(33)43(41)44-40-28-16-14-18-34(40)30-32-42(44)46(37-23-9-3-10-24-37)38-25-11-4-12-26-38;2-1(3,4)8(5,6)7;;/h2*1-32H;(H,5,6,7);1H;/q;;;;+2/p-2. The van der Waals surface area contributed by atoms with Crippen LogP contribution in [-0.2, 0) is 27.4 Å². The molecule has 0 unspecified atom stereocenters. The molecular formula is C89H64ClF3O3P4RuS. The Labute approximate surface area is 612 Å². The van der Waals surface area contributed by atoms with E-state index in [1.807, 2.05) is 17.3 Å². The van der Waals surface area contributed by atoms with E-state index in [-0.39, 0.29) is 0 Å². The van der Waals surface area contributed by atoms with Gasteiger partial charge >= 0.3 is 32.5 Å². The summed E-state index contributed by atoms with van der Waals surface area (Å²) in [6, 6.07) is 144. The predicted octanol–water partition coefficient (Wildman–Crippen LogP) is 19.1. The van der Waals surface area contributed by atoms with E-state index in [1.54, 1.807) is 0 Å². The van der Waals surface area contributed by atoms with Crippen molar-refractivity contribution in [2.24, 2.45) is 0 Å². The minimum absolute atomic E-state index is 0.852. The molecule has 0 aliphatic rings. The fraction of sp³-hybridized carbons (Fsp3) is 0.0112. The molecule has 0 radical (unpaired) electrons. The van der Waals surface area contributed by atoms with E-state index in [2.05, 4.69) is 398 Å². The first-order valence-electron chi connectivity index (χ1n) is 32.8. The largest absolute Gasteiger partial charge is 0.0622 e. The average molecular weight is 1530 g/mol. The summed E-state index contributed by atoms with van der Waals surface area (Å²) in [4.78, 5) is 0. The van der Waals surface area contributed by atoms with E-state index in [0.717, 1.165) is 0 Å². The van der Waals surface area contributed by atoms with Crippen LogP contribution >= 0.6 is 41.4 Å². The Morgan fingerprint density at radius 1 is 0.235 bits per heavy atom. The molecule has 0 amide bonds. The van der Waals surface area contributed by atoms with Crippen molar-refractivity contribution in [3.63, 3.8) is 0 Å². The third-order valence-corrected chi connectivity index (χ3v) is 28.0. The normalized spacial score (nSPS) is 11.5. The quantitative estimate of drug-likeness (QED) is 0.0472. The summed E-state index contributed by atoms with van der Waals surface area (Å²) in [7, 11) is -4.93. The van der Waals surface area contributed by atoms with Crippen LogP contribution in [0.3, 0.4) is 0 Å². The van der Waals surface area contributed by atoms with Crippen molar-refractivity contribution in [1.82, 2.24) is 0 Å². The third-order valence-electron chi connectivity index (χ3n) is 17.5. The summed E-state index contributed by atoms with van der Waals surface area (Å²) in [5.74, 6) is 0. The van der Waals surface area contributed by atoms with Crippen LogP contribution in [0.4, 0.5) is 13.2 Å². The van der Waals surface area contributed by atoms with Crippen LogP contribution in [-0.4, -0.2) is 18.5 Å². The molecule has 0 saturated carbocycles. The van der Waals surface area contributed by atoms with Gasteiger partial charge in [-0.15, -0.1) is 0 Å². The summed E-state index contributed by atoms with van der Waals surface area (Å²) in [6.07, 6.45) is 0. The molecule has 0 heterocycles. The molecule has 0 atom stereocenters. The smallest absolute Gasteiger partial charge is 0.000884 e. The molecule has 3 nitrogen and oxygen atoms in total. The number of rotatable bonds is 14. The summed E-state index contributed by atoms with van der Waals surface area (Å²) < 4.78 is 58.9. The SMILES string of the molecule is O=S(=O)([O-])C(F)(F)F.[Cl][Ru+].c1ccc(P(c2ccccc2)c2ccc3ccccc3c2-c2c(P(c3ccccc3)c3ccccc3)ccc3ccccc23)cc1.c1ccc(P(c2ccccc2)c2ccc3ccccc3c2-c2c(P(c3ccccc3)c3ccccc3)ccc3ccccc23)cc1. The number of fused-ring (bicyclic) bond motifs is 4. The summed E-state index contributed by atoms with van der Waals surface area (Å²) in [5.41, 5.74) is -0.246. The molecule has 13 heteroatoms. The zero-order valence-corrected chi connectivity index (χ0v) is 61.6. The molecule has 16 aromatic carbocycles. The van der Waals surface area contributed by atoms with Crippen molar-refractivity contribution in [2.45, 2.75) is 5.51 Å². The van der Waals surface area contributed by atoms with Crippen LogP contribution in [0.1, 0.15) is 0 Å². The molecule has 0 aliphatic carbocycles. The Bertz CT molecular complexity index is 4780. The Morgan fingerprint density at radius 2 is 0.373 bits per heavy atom. The van der Waals surface area contributed by atoms with Crippen LogP contribution in [0, 0.1) is 0 Å². The summed E-state index contributed by atoms with van der Waals surface area (Å²) >= 11 is 1.82. The fourth-order valence-electron chi connectivity index (χ4n) is 13.2. The topological polar surface area (TPSA) is 57.2 Å². The molecule has 500 valence electrons. The van der Waals surface area contributed by atoms with Gasteiger partial charge in [0.2, 0.25) is 0 Å².